The molecule has 114 valence electrons. The van der Waals surface area contributed by atoms with Crippen LogP contribution >= 0.6 is 0 Å². The number of hydrogen-bond donors (Lipinski definition) is 2. The number of nitrogens with one attached hydrogen (secondary N) is 1. The number of ether oxygens (including phenoxy) is 1. The number of aromatic carboxylic acids is 1. The lowest BCUT2D eigenvalue weighted by Crippen LogP contribution is -2.28. The quantitative estimate of drug-likeness (QED) is 0.598. The van der Waals surface area contributed by atoms with E-state index in [-0.39, 0.29) is 11.5 Å². The van der Waals surface area contributed by atoms with E-state index in [2.05, 4.69) is 11.9 Å². The number of rotatable bonds is 7. The molecule has 0 aliphatic carbocycles. The zero-order valence-corrected chi connectivity index (χ0v) is 12.6. The van der Waals surface area contributed by atoms with E-state index in [0.717, 1.165) is 5.56 Å². The lowest BCUT2D eigenvalue weighted by Gasteiger charge is -2.15. The fourth-order valence-corrected chi connectivity index (χ4v) is 1.86. The number of benzene rings is 1. The molecule has 1 aromatic rings. The molecule has 5 heteroatoms. The van der Waals surface area contributed by atoms with Crippen LogP contribution in [-0.2, 0) is 9.53 Å². The third-order valence-electron chi connectivity index (χ3n) is 3.12. The summed E-state index contributed by atoms with van der Waals surface area (Å²) in [6.07, 6.45) is 1.78. The molecule has 0 bridgehead atoms. The van der Waals surface area contributed by atoms with Crippen molar-refractivity contribution in [1.82, 2.24) is 0 Å². The monoisotopic (exact) mass is 291 g/mol. The number of carbonyl (C=O) groups is 2. The van der Waals surface area contributed by atoms with E-state index in [1.807, 2.05) is 6.92 Å². The summed E-state index contributed by atoms with van der Waals surface area (Å²) in [4.78, 5) is 23.1. The summed E-state index contributed by atoms with van der Waals surface area (Å²) < 4.78 is 5.36. The Morgan fingerprint density at radius 1 is 1.38 bits per heavy atom. The van der Waals surface area contributed by atoms with Crippen molar-refractivity contribution in [2.45, 2.75) is 33.3 Å². The molecule has 0 saturated heterocycles. The molecule has 1 amide bonds. The predicted octanol–water partition coefficient (Wildman–Crippen LogP) is 2.92. The SMILES string of the molecule is C=CCCOC(C)C(=O)Nc1cc(C(=O)O)c(C)cc1C. The van der Waals surface area contributed by atoms with Crippen molar-refractivity contribution >= 4 is 17.6 Å². The molecule has 0 heterocycles. The topological polar surface area (TPSA) is 75.6 Å². The van der Waals surface area contributed by atoms with E-state index in [1.165, 1.54) is 6.07 Å². The van der Waals surface area contributed by atoms with Crippen LogP contribution in [-0.4, -0.2) is 29.7 Å². The highest BCUT2D eigenvalue weighted by Crippen LogP contribution is 2.21. The Bertz CT molecular complexity index is 551. The first-order valence-corrected chi connectivity index (χ1v) is 6.74. The van der Waals surface area contributed by atoms with Crippen LogP contribution in [0.2, 0.25) is 0 Å². The van der Waals surface area contributed by atoms with Gasteiger partial charge >= 0.3 is 5.97 Å². The van der Waals surface area contributed by atoms with E-state index >= 15 is 0 Å². The average molecular weight is 291 g/mol. The molecule has 0 fully saturated rings. The molecular formula is C16H21NO4. The summed E-state index contributed by atoms with van der Waals surface area (Å²) in [6, 6.07) is 3.21. The van der Waals surface area contributed by atoms with Crippen molar-refractivity contribution in [3.63, 3.8) is 0 Å². The maximum Gasteiger partial charge on any atom is 0.336 e. The van der Waals surface area contributed by atoms with Crippen LogP contribution in [0, 0.1) is 13.8 Å². The van der Waals surface area contributed by atoms with Crippen molar-refractivity contribution in [1.29, 1.82) is 0 Å². The molecule has 0 aromatic heterocycles. The molecule has 0 radical (unpaired) electrons. The molecule has 1 aromatic carbocycles. The Morgan fingerprint density at radius 3 is 2.62 bits per heavy atom. The fourth-order valence-electron chi connectivity index (χ4n) is 1.86. The summed E-state index contributed by atoms with van der Waals surface area (Å²) in [6.45, 7) is 9.20. The number of anilines is 1. The Morgan fingerprint density at radius 2 is 2.05 bits per heavy atom. The Kier molecular flexibility index (Phi) is 6.11. The third kappa shape index (κ3) is 4.72. The largest absolute Gasteiger partial charge is 0.478 e. The van der Waals surface area contributed by atoms with Crippen molar-refractivity contribution < 1.29 is 19.4 Å². The lowest BCUT2D eigenvalue weighted by molar-refractivity contribution is -0.126. The fraction of sp³-hybridized carbons (Fsp3) is 0.375. The van der Waals surface area contributed by atoms with Crippen LogP contribution < -0.4 is 5.32 Å². The van der Waals surface area contributed by atoms with Gasteiger partial charge in [0.2, 0.25) is 0 Å². The van der Waals surface area contributed by atoms with Gasteiger partial charge in [-0.15, -0.1) is 6.58 Å². The van der Waals surface area contributed by atoms with Gasteiger partial charge in [0.05, 0.1) is 12.2 Å². The van der Waals surface area contributed by atoms with Gasteiger partial charge in [-0.1, -0.05) is 12.1 Å². The molecule has 1 rings (SSSR count). The highest BCUT2D eigenvalue weighted by molar-refractivity contribution is 5.97. The summed E-state index contributed by atoms with van der Waals surface area (Å²) >= 11 is 0. The zero-order chi connectivity index (χ0) is 16.0. The van der Waals surface area contributed by atoms with Crippen LogP contribution in [0.15, 0.2) is 24.8 Å². The second kappa shape index (κ2) is 7.59. The average Bonchev–Trinajstić information content (AvgIpc) is 2.41. The van der Waals surface area contributed by atoms with Crippen LogP contribution in [0.25, 0.3) is 0 Å². The van der Waals surface area contributed by atoms with Crippen molar-refractivity contribution in [2.75, 3.05) is 11.9 Å². The van der Waals surface area contributed by atoms with Crippen LogP contribution in [0.4, 0.5) is 5.69 Å². The molecular weight excluding hydrogens is 270 g/mol. The minimum absolute atomic E-state index is 0.177. The smallest absolute Gasteiger partial charge is 0.336 e. The predicted molar refractivity (Wildman–Crippen MR) is 81.7 cm³/mol. The molecule has 2 N–H and O–H groups in total. The lowest BCUT2D eigenvalue weighted by atomic mass is 10.0. The van der Waals surface area contributed by atoms with Gasteiger partial charge in [-0.05, 0) is 44.4 Å². The molecule has 0 aliphatic heterocycles. The van der Waals surface area contributed by atoms with Gasteiger partial charge < -0.3 is 15.2 Å². The summed E-state index contributed by atoms with van der Waals surface area (Å²) in [5, 5.41) is 11.8. The van der Waals surface area contributed by atoms with Gasteiger partial charge in [-0.2, -0.15) is 0 Å². The van der Waals surface area contributed by atoms with Gasteiger partial charge in [0.1, 0.15) is 6.10 Å². The number of aryl methyl sites for hydroxylation is 2. The third-order valence-corrected chi connectivity index (χ3v) is 3.12. The van der Waals surface area contributed by atoms with Crippen molar-refractivity contribution in [3.05, 3.63) is 41.5 Å². The summed E-state index contributed by atoms with van der Waals surface area (Å²) in [5.41, 5.74) is 2.13. The molecule has 1 unspecified atom stereocenters. The first kappa shape index (κ1) is 16.9. The van der Waals surface area contributed by atoms with E-state index in [9.17, 15) is 9.59 Å². The Labute approximate surface area is 124 Å². The molecule has 5 nitrogen and oxygen atoms in total. The van der Waals surface area contributed by atoms with E-state index in [0.29, 0.717) is 24.3 Å². The minimum Gasteiger partial charge on any atom is -0.478 e. The molecule has 21 heavy (non-hydrogen) atoms. The van der Waals surface area contributed by atoms with E-state index in [4.69, 9.17) is 9.84 Å². The second-order valence-corrected chi connectivity index (χ2v) is 4.87. The molecule has 0 saturated carbocycles. The maximum absolute atomic E-state index is 12.0. The van der Waals surface area contributed by atoms with Gasteiger partial charge in [-0.3, -0.25) is 4.79 Å². The number of hydrogen-bond acceptors (Lipinski definition) is 3. The van der Waals surface area contributed by atoms with Gasteiger partial charge in [0.25, 0.3) is 5.91 Å². The van der Waals surface area contributed by atoms with Gasteiger partial charge in [0.15, 0.2) is 0 Å². The Balaban J connectivity index is 2.82. The highest BCUT2D eigenvalue weighted by atomic mass is 16.5. The van der Waals surface area contributed by atoms with Gasteiger partial charge in [-0.25, -0.2) is 4.79 Å². The minimum atomic E-state index is -1.02. The van der Waals surface area contributed by atoms with Crippen LogP contribution in [0.3, 0.4) is 0 Å². The van der Waals surface area contributed by atoms with Crippen LogP contribution in [0.5, 0.6) is 0 Å². The first-order chi connectivity index (χ1) is 9.86. The maximum atomic E-state index is 12.0. The summed E-state index contributed by atoms with van der Waals surface area (Å²) in [5.74, 6) is -1.32. The Hall–Kier alpha value is -2.14. The molecule has 1 atom stereocenters. The van der Waals surface area contributed by atoms with Crippen LogP contribution in [0.1, 0.15) is 34.8 Å². The van der Waals surface area contributed by atoms with E-state index < -0.39 is 12.1 Å². The first-order valence-electron chi connectivity index (χ1n) is 6.74. The summed E-state index contributed by atoms with van der Waals surface area (Å²) in [7, 11) is 0. The van der Waals surface area contributed by atoms with E-state index in [1.54, 1.807) is 26.0 Å². The van der Waals surface area contributed by atoms with Gasteiger partial charge in [0, 0.05) is 5.69 Å². The number of carbonyl (C=O) groups excluding carboxylic acids is 1. The highest BCUT2D eigenvalue weighted by Gasteiger charge is 2.16. The molecule has 0 spiro atoms. The zero-order valence-electron chi connectivity index (χ0n) is 12.6. The van der Waals surface area contributed by atoms with Crippen molar-refractivity contribution in [3.8, 4) is 0 Å². The second-order valence-electron chi connectivity index (χ2n) is 4.87. The number of carboxylic acids is 1. The molecule has 0 aliphatic rings. The van der Waals surface area contributed by atoms with Crippen molar-refractivity contribution in [2.24, 2.45) is 0 Å². The normalized spacial score (nSPS) is 11.8. The number of amides is 1. The standard InChI is InChI=1S/C16H21NO4/c1-5-6-7-21-12(4)15(18)17-14-9-13(16(19)20)10(2)8-11(14)3/h5,8-9,12H,1,6-7H2,2-4H3,(H,17,18)(H,19,20). The number of carboxylic acid groups (broad SMARTS) is 1.